The van der Waals surface area contributed by atoms with E-state index in [-0.39, 0.29) is 17.9 Å². The number of rotatable bonds is 17. The third kappa shape index (κ3) is 9.06. The Kier molecular flexibility index (Phi) is 12.0. The molecule has 0 aliphatic carbocycles. The summed E-state index contributed by atoms with van der Waals surface area (Å²) in [4.78, 5) is 25.5. The summed E-state index contributed by atoms with van der Waals surface area (Å²) in [6.07, 6.45) is 9.68. The molecule has 0 saturated carbocycles. The Morgan fingerprint density at radius 1 is 0.837 bits per heavy atom. The standard InChI is InChI=1S/C38H47NO4/c1-5-7-8-9-15-36(30-19-17-29(18-20-30)26-28(3)4)43-32-23-21-31(22-24-32)38(41)34-27-39(25-12-16-37(40)42-6-2)35-14-11-10-13-33(34)35/h10-11,13-14,17-24,27-28,36H,5-9,12,15-16,25-26H2,1-4H3. The number of aromatic nitrogens is 1. The summed E-state index contributed by atoms with van der Waals surface area (Å²) >= 11 is 0. The van der Waals surface area contributed by atoms with Crippen LogP contribution < -0.4 is 4.74 Å². The lowest BCUT2D eigenvalue weighted by Crippen LogP contribution is -2.09. The van der Waals surface area contributed by atoms with E-state index < -0.39 is 0 Å². The maximum Gasteiger partial charge on any atom is 0.305 e. The van der Waals surface area contributed by atoms with Gasteiger partial charge in [0.25, 0.3) is 0 Å². The summed E-state index contributed by atoms with van der Waals surface area (Å²) in [5, 5.41) is 0.914. The SMILES string of the molecule is CCCCCCC(Oc1ccc(C(=O)c2cn(CCCC(=O)OCC)c3ccccc23)cc1)c1ccc(CC(C)C)cc1. The smallest absolute Gasteiger partial charge is 0.305 e. The van der Waals surface area contributed by atoms with Crippen molar-refractivity contribution >= 4 is 22.7 Å². The highest BCUT2D eigenvalue weighted by Gasteiger charge is 2.18. The number of ketones is 1. The van der Waals surface area contributed by atoms with E-state index in [1.807, 2.05) is 61.7 Å². The number of hydrogen-bond acceptors (Lipinski definition) is 4. The van der Waals surface area contributed by atoms with Gasteiger partial charge in [0.2, 0.25) is 0 Å². The number of nitrogens with zero attached hydrogens (tertiary/aromatic N) is 1. The molecule has 4 aromatic rings. The van der Waals surface area contributed by atoms with Crippen LogP contribution in [0.2, 0.25) is 0 Å². The van der Waals surface area contributed by atoms with Gasteiger partial charge >= 0.3 is 5.97 Å². The van der Waals surface area contributed by atoms with Gasteiger partial charge in [0, 0.05) is 41.2 Å². The number of fused-ring (bicyclic) bond motifs is 1. The fourth-order valence-electron chi connectivity index (χ4n) is 5.63. The van der Waals surface area contributed by atoms with Crippen LogP contribution in [0.3, 0.4) is 0 Å². The van der Waals surface area contributed by atoms with Crippen molar-refractivity contribution in [3.63, 3.8) is 0 Å². The fourth-order valence-corrected chi connectivity index (χ4v) is 5.63. The van der Waals surface area contributed by atoms with Crippen molar-refractivity contribution in [1.29, 1.82) is 0 Å². The molecule has 0 bridgehead atoms. The predicted molar refractivity (Wildman–Crippen MR) is 175 cm³/mol. The van der Waals surface area contributed by atoms with Crippen LogP contribution in [0.4, 0.5) is 0 Å². The van der Waals surface area contributed by atoms with E-state index in [1.54, 1.807) is 0 Å². The molecule has 0 radical (unpaired) electrons. The first-order chi connectivity index (χ1) is 20.9. The maximum absolute atomic E-state index is 13.7. The highest BCUT2D eigenvalue weighted by Crippen LogP contribution is 2.29. The minimum atomic E-state index is -0.191. The summed E-state index contributed by atoms with van der Waals surface area (Å²) < 4.78 is 13.7. The molecule has 0 aliphatic heterocycles. The quantitative estimate of drug-likeness (QED) is 0.0708. The van der Waals surface area contributed by atoms with Crippen molar-refractivity contribution in [3.8, 4) is 5.75 Å². The van der Waals surface area contributed by atoms with Crippen LogP contribution >= 0.6 is 0 Å². The molecule has 1 heterocycles. The van der Waals surface area contributed by atoms with Crippen molar-refractivity contribution in [3.05, 3.63) is 101 Å². The van der Waals surface area contributed by atoms with Gasteiger partial charge in [-0.1, -0.05) is 82.5 Å². The summed E-state index contributed by atoms with van der Waals surface area (Å²) in [6, 6.07) is 24.4. The monoisotopic (exact) mass is 581 g/mol. The fraction of sp³-hybridized carbons (Fsp3) is 0.421. The topological polar surface area (TPSA) is 57.5 Å². The zero-order valence-electron chi connectivity index (χ0n) is 26.3. The lowest BCUT2D eigenvalue weighted by Gasteiger charge is -2.20. The second kappa shape index (κ2) is 16.1. The number of benzene rings is 3. The molecular weight excluding hydrogens is 534 g/mol. The lowest BCUT2D eigenvalue weighted by molar-refractivity contribution is -0.143. The molecule has 0 saturated heterocycles. The molecule has 0 aliphatic rings. The first-order valence-corrected chi connectivity index (χ1v) is 16.0. The van der Waals surface area contributed by atoms with Gasteiger partial charge in [-0.25, -0.2) is 0 Å². The lowest BCUT2D eigenvalue weighted by atomic mass is 9.98. The van der Waals surface area contributed by atoms with Crippen LogP contribution in [0.1, 0.15) is 106 Å². The second-order valence-electron chi connectivity index (χ2n) is 11.8. The molecule has 1 atom stereocenters. The van der Waals surface area contributed by atoms with E-state index >= 15 is 0 Å². The third-order valence-corrected chi connectivity index (χ3v) is 7.83. The molecule has 3 aromatic carbocycles. The predicted octanol–water partition coefficient (Wildman–Crippen LogP) is 9.50. The second-order valence-corrected chi connectivity index (χ2v) is 11.8. The number of hydrogen-bond donors (Lipinski definition) is 0. The van der Waals surface area contributed by atoms with E-state index in [2.05, 4.69) is 49.6 Å². The van der Waals surface area contributed by atoms with Gasteiger partial charge in [0.15, 0.2) is 5.78 Å². The van der Waals surface area contributed by atoms with Crippen LogP contribution in [-0.2, 0) is 22.5 Å². The number of carbonyl (C=O) groups is 2. The van der Waals surface area contributed by atoms with Gasteiger partial charge in [-0.2, -0.15) is 0 Å². The Labute approximate surface area is 257 Å². The van der Waals surface area contributed by atoms with Crippen LogP contribution in [0.25, 0.3) is 10.9 Å². The van der Waals surface area contributed by atoms with Crippen molar-refractivity contribution in [2.75, 3.05) is 6.61 Å². The number of aryl methyl sites for hydroxylation is 1. The van der Waals surface area contributed by atoms with E-state index in [4.69, 9.17) is 9.47 Å². The van der Waals surface area contributed by atoms with Gasteiger partial charge in [-0.15, -0.1) is 0 Å². The average Bonchev–Trinajstić information content (AvgIpc) is 3.37. The molecule has 0 N–H and O–H groups in total. The van der Waals surface area contributed by atoms with Crippen LogP contribution in [-0.4, -0.2) is 22.9 Å². The van der Waals surface area contributed by atoms with Crippen molar-refractivity contribution in [2.45, 2.75) is 91.7 Å². The Morgan fingerprint density at radius 2 is 1.58 bits per heavy atom. The molecule has 0 spiro atoms. The number of ether oxygens (including phenoxy) is 2. The zero-order chi connectivity index (χ0) is 30.6. The maximum atomic E-state index is 13.7. The average molecular weight is 582 g/mol. The first kappa shape index (κ1) is 32.1. The van der Waals surface area contributed by atoms with E-state index in [0.29, 0.717) is 43.0 Å². The Bertz CT molecular complexity index is 1450. The van der Waals surface area contributed by atoms with Gasteiger partial charge in [0.1, 0.15) is 11.9 Å². The number of carbonyl (C=O) groups excluding carboxylic acids is 2. The molecule has 228 valence electrons. The Hall–Kier alpha value is -3.86. The minimum absolute atomic E-state index is 0.0243. The number of esters is 1. The Morgan fingerprint density at radius 3 is 2.28 bits per heavy atom. The molecule has 0 fully saturated rings. The molecular formula is C38H47NO4. The summed E-state index contributed by atoms with van der Waals surface area (Å²) in [7, 11) is 0. The zero-order valence-corrected chi connectivity index (χ0v) is 26.3. The van der Waals surface area contributed by atoms with E-state index in [1.165, 1.54) is 30.4 Å². The third-order valence-electron chi connectivity index (χ3n) is 7.83. The number of unbranched alkanes of at least 4 members (excludes halogenated alkanes) is 3. The number of para-hydroxylation sites is 1. The normalized spacial score (nSPS) is 12.0. The molecule has 1 unspecified atom stereocenters. The van der Waals surface area contributed by atoms with Crippen LogP contribution in [0.15, 0.2) is 79.0 Å². The van der Waals surface area contributed by atoms with Gasteiger partial charge in [-0.3, -0.25) is 9.59 Å². The summed E-state index contributed by atoms with van der Waals surface area (Å²) in [5.41, 5.74) is 4.82. The summed E-state index contributed by atoms with van der Waals surface area (Å²) in [5.74, 6) is 1.18. The molecule has 0 amide bonds. The van der Waals surface area contributed by atoms with Crippen molar-refractivity contribution in [1.82, 2.24) is 4.57 Å². The van der Waals surface area contributed by atoms with Crippen LogP contribution in [0, 0.1) is 5.92 Å². The highest BCUT2D eigenvalue weighted by atomic mass is 16.5. The van der Waals surface area contributed by atoms with Crippen LogP contribution in [0.5, 0.6) is 5.75 Å². The van der Waals surface area contributed by atoms with Crippen molar-refractivity contribution < 1.29 is 19.1 Å². The summed E-state index contributed by atoms with van der Waals surface area (Å²) in [6.45, 7) is 9.56. The van der Waals surface area contributed by atoms with Gasteiger partial charge in [-0.05, 0) is 80.0 Å². The minimum Gasteiger partial charge on any atom is -0.486 e. The highest BCUT2D eigenvalue weighted by molar-refractivity contribution is 6.16. The first-order valence-electron chi connectivity index (χ1n) is 16.0. The molecule has 5 nitrogen and oxygen atoms in total. The molecule has 5 heteroatoms. The van der Waals surface area contributed by atoms with E-state index in [0.717, 1.165) is 35.9 Å². The molecule has 4 rings (SSSR count). The largest absolute Gasteiger partial charge is 0.486 e. The molecule has 1 aromatic heterocycles. The van der Waals surface area contributed by atoms with Gasteiger partial charge in [0.05, 0.1) is 6.61 Å². The van der Waals surface area contributed by atoms with Gasteiger partial charge < -0.3 is 14.0 Å². The van der Waals surface area contributed by atoms with Crippen molar-refractivity contribution in [2.24, 2.45) is 5.92 Å². The van der Waals surface area contributed by atoms with E-state index in [9.17, 15) is 9.59 Å². The Balaban J connectivity index is 1.48. The molecule has 43 heavy (non-hydrogen) atoms.